The molecule has 6 nitrogen and oxygen atoms in total. The van der Waals surface area contributed by atoms with Crippen LogP contribution in [-0.4, -0.2) is 32.6 Å². The number of aryl methyl sites for hydroxylation is 1. The van der Waals surface area contributed by atoms with E-state index in [1.54, 1.807) is 12.3 Å². The van der Waals surface area contributed by atoms with Crippen LogP contribution in [-0.2, 0) is 4.79 Å². The number of aliphatic carboxylic acids is 1. The van der Waals surface area contributed by atoms with Crippen molar-refractivity contribution in [2.75, 3.05) is 11.9 Å². The molecule has 0 aliphatic carbocycles. The van der Waals surface area contributed by atoms with Crippen LogP contribution in [0, 0.1) is 6.92 Å². The van der Waals surface area contributed by atoms with Crippen LogP contribution in [0.5, 0.6) is 0 Å². The van der Waals surface area contributed by atoms with Gasteiger partial charge in [0.25, 0.3) is 0 Å². The fourth-order valence-corrected chi connectivity index (χ4v) is 1.45. The van der Waals surface area contributed by atoms with Gasteiger partial charge < -0.3 is 10.4 Å². The standard InChI is InChI=1S/C12H12N4O2/c1-8-6-10(9-4-2-3-5-13-9)16-12(15-8)14-7-11(17)18/h2-6H,7H2,1H3,(H,17,18)(H,14,15,16). The number of rotatable bonds is 4. The van der Waals surface area contributed by atoms with Crippen molar-refractivity contribution in [3.05, 3.63) is 36.2 Å². The summed E-state index contributed by atoms with van der Waals surface area (Å²) in [7, 11) is 0. The Morgan fingerprint density at radius 2 is 2.17 bits per heavy atom. The maximum Gasteiger partial charge on any atom is 0.322 e. The summed E-state index contributed by atoms with van der Waals surface area (Å²) in [6, 6.07) is 7.32. The normalized spacial score (nSPS) is 10.1. The Balaban J connectivity index is 2.29. The maximum atomic E-state index is 10.5. The molecule has 2 aromatic heterocycles. The van der Waals surface area contributed by atoms with Gasteiger partial charge >= 0.3 is 5.97 Å². The molecular weight excluding hydrogens is 232 g/mol. The summed E-state index contributed by atoms with van der Waals surface area (Å²) in [5.41, 5.74) is 2.14. The van der Waals surface area contributed by atoms with Crippen molar-refractivity contribution in [1.82, 2.24) is 15.0 Å². The second kappa shape index (κ2) is 5.22. The van der Waals surface area contributed by atoms with Gasteiger partial charge in [-0.25, -0.2) is 9.97 Å². The van der Waals surface area contributed by atoms with Gasteiger partial charge in [0.15, 0.2) is 0 Å². The van der Waals surface area contributed by atoms with Crippen LogP contribution in [0.15, 0.2) is 30.5 Å². The Kier molecular flexibility index (Phi) is 3.47. The first kappa shape index (κ1) is 12.0. The highest BCUT2D eigenvalue weighted by molar-refractivity contribution is 5.72. The summed E-state index contributed by atoms with van der Waals surface area (Å²) >= 11 is 0. The Morgan fingerprint density at radius 3 is 2.83 bits per heavy atom. The van der Waals surface area contributed by atoms with Crippen LogP contribution in [0.4, 0.5) is 5.95 Å². The Hall–Kier alpha value is -2.50. The van der Waals surface area contributed by atoms with Gasteiger partial charge in [0.2, 0.25) is 5.95 Å². The molecular formula is C12H12N4O2. The molecule has 2 N–H and O–H groups in total. The first-order valence-corrected chi connectivity index (χ1v) is 5.38. The van der Waals surface area contributed by atoms with Crippen molar-refractivity contribution in [2.45, 2.75) is 6.92 Å². The first-order valence-electron chi connectivity index (χ1n) is 5.38. The van der Waals surface area contributed by atoms with E-state index in [-0.39, 0.29) is 12.5 Å². The molecule has 0 unspecified atom stereocenters. The van der Waals surface area contributed by atoms with Crippen LogP contribution in [0.2, 0.25) is 0 Å². The van der Waals surface area contributed by atoms with Crippen molar-refractivity contribution >= 4 is 11.9 Å². The number of carboxylic acids is 1. The molecule has 0 spiro atoms. The van der Waals surface area contributed by atoms with Crippen LogP contribution in [0.3, 0.4) is 0 Å². The number of nitrogens with one attached hydrogen (secondary N) is 1. The number of anilines is 1. The van der Waals surface area contributed by atoms with Gasteiger partial charge in [-0.3, -0.25) is 9.78 Å². The zero-order valence-electron chi connectivity index (χ0n) is 9.79. The topological polar surface area (TPSA) is 88.0 Å². The molecule has 0 saturated heterocycles. The number of hydrogen-bond acceptors (Lipinski definition) is 5. The summed E-state index contributed by atoms with van der Waals surface area (Å²) in [6.45, 7) is 1.60. The van der Waals surface area contributed by atoms with Crippen LogP contribution in [0.1, 0.15) is 5.69 Å². The summed E-state index contributed by atoms with van der Waals surface area (Å²) < 4.78 is 0. The molecule has 0 bridgehead atoms. The number of carboxylic acid groups (broad SMARTS) is 1. The minimum atomic E-state index is -0.959. The summed E-state index contributed by atoms with van der Waals surface area (Å²) in [5, 5.41) is 11.2. The number of aromatic nitrogens is 3. The third-order valence-corrected chi connectivity index (χ3v) is 2.18. The molecule has 18 heavy (non-hydrogen) atoms. The van der Waals surface area contributed by atoms with E-state index >= 15 is 0 Å². The second-order valence-electron chi connectivity index (χ2n) is 3.68. The molecule has 0 aromatic carbocycles. The largest absolute Gasteiger partial charge is 0.480 e. The van der Waals surface area contributed by atoms with Gasteiger partial charge in [-0.05, 0) is 25.1 Å². The number of pyridine rings is 1. The van der Waals surface area contributed by atoms with Crippen molar-refractivity contribution in [3.8, 4) is 11.4 Å². The van der Waals surface area contributed by atoms with E-state index < -0.39 is 5.97 Å². The summed E-state index contributed by atoms with van der Waals surface area (Å²) in [6.07, 6.45) is 1.68. The highest BCUT2D eigenvalue weighted by Crippen LogP contribution is 2.16. The molecule has 0 radical (unpaired) electrons. The zero-order chi connectivity index (χ0) is 13.0. The first-order chi connectivity index (χ1) is 8.65. The minimum absolute atomic E-state index is 0.217. The number of carbonyl (C=O) groups is 1. The Morgan fingerprint density at radius 1 is 1.33 bits per heavy atom. The molecule has 92 valence electrons. The molecule has 2 rings (SSSR count). The lowest BCUT2D eigenvalue weighted by Crippen LogP contribution is -2.14. The summed E-state index contributed by atoms with van der Waals surface area (Å²) in [5.74, 6) is -0.669. The Bertz CT molecular complexity index is 557. The van der Waals surface area contributed by atoms with Crippen LogP contribution >= 0.6 is 0 Å². The monoisotopic (exact) mass is 244 g/mol. The lowest BCUT2D eigenvalue weighted by molar-refractivity contribution is -0.134. The van der Waals surface area contributed by atoms with Gasteiger partial charge in [-0.1, -0.05) is 6.07 Å². The predicted molar refractivity (Wildman–Crippen MR) is 66.1 cm³/mol. The molecule has 6 heteroatoms. The lowest BCUT2D eigenvalue weighted by Gasteiger charge is -2.06. The number of hydrogen-bond donors (Lipinski definition) is 2. The van der Waals surface area contributed by atoms with E-state index in [1.165, 1.54) is 0 Å². The summed E-state index contributed by atoms with van der Waals surface area (Å²) in [4.78, 5) is 23.0. The number of nitrogens with zero attached hydrogens (tertiary/aromatic N) is 3. The van der Waals surface area contributed by atoms with E-state index in [0.29, 0.717) is 5.69 Å². The van der Waals surface area contributed by atoms with Crippen molar-refractivity contribution in [1.29, 1.82) is 0 Å². The van der Waals surface area contributed by atoms with E-state index in [2.05, 4.69) is 20.3 Å². The highest BCUT2D eigenvalue weighted by atomic mass is 16.4. The van der Waals surface area contributed by atoms with Crippen molar-refractivity contribution in [3.63, 3.8) is 0 Å². The molecule has 0 aliphatic rings. The fourth-order valence-electron chi connectivity index (χ4n) is 1.45. The third kappa shape index (κ3) is 3.00. The van der Waals surface area contributed by atoms with E-state index in [9.17, 15) is 4.79 Å². The molecule has 0 atom stereocenters. The molecule has 0 fully saturated rings. The fraction of sp³-hybridized carbons (Fsp3) is 0.167. The third-order valence-electron chi connectivity index (χ3n) is 2.18. The van der Waals surface area contributed by atoms with E-state index in [4.69, 9.17) is 5.11 Å². The Labute approximate surface area is 104 Å². The smallest absolute Gasteiger partial charge is 0.322 e. The van der Waals surface area contributed by atoms with Crippen LogP contribution in [0.25, 0.3) is 11.4 Å². The van der Waals surface area contributed by atoms with E-state index in [0.717, 1.165) is 11.4 Å². The average Bonchev–Trinajstić information content (AvgIpc) is 2.37. The van der Waals surface area contributed by atoms with Crippen LogP contribution < -0.4 is 5.32 Å². The van der Waals surface area contributed by atoms with Gasteiger partial charge in [0, 0.05) is 11.9 Å². The molecule has 0 saturated carbocycles. The molecule has 0 amide bonds. The van der Waals surface area contributed by atoms with E-state index in [1.807, 2.05) is 25.1 Å². The highest BCUT2D eigenvalue weighted by Gasteiger charge is 2.06. The molecule has 0 aliphatic heterocycles. The van der Waals surface area contributed by atoms with Gasteiger partial charge in [0.05, 0.1) is 11.4 Å². The average molecular weight is 244 g/mol. The van der Waals surface area contributed by atoms with Gasteiger partial charge in [-0.15, -0.1) is 0 Å². The molecule has 2 heterocycles. The predicted octanol–water partition coefficient (Wildman–Crippen LogP) is 1.34. The molecule has 2 aromatic rings. The van der Waals surface area contributed by atoms with Gasteiger partial charge in [-0.2, -0.15) is 0 Å². The second-order valence-corrected chi connectivity index (χ2v) is 3.68. The SMILES string of the molecule is Cc1cc(-c2ccccn2)nc(NCC(=O)O)n1. The maximum absolute atomic E-state index is 10.5. The lowest BCUT2D eigenvalue weighted by atomic mass is 10.2. The van der Waals surface area contributed by atoms with Crippen molar-refractivity contribution in [2.24, 2.45) is 0 Å². The zero-order valence-corrected chi connectivity index (χ0v) is 9.79. The van der Waals surface area contributed by atoms with Crippen molar-refractivity contribution < 1.29 is 9.90 Å². The van der Waals surface area contributed by atoms with Gasteiger partial charge in [0.1, 0.15) is 6.54 Å². The minimum Gasteiger partial charge on any atom is -0.480 e. The quantitative estimate of drug-likeness (QED) is 0.843.